The Kier molecular flexibility index (Phi) is 6.32. The second-order valence-corrected chi connectivity index (χ2v) is 7.85. The molecule has 2 aromatic heterocycles. The number of aliphatic hydroxyl groups excluding tert-OH is 1. The molecule has 31 heavy (non-hydrogen) atoms. The van der Waals surface area contributed by atoms with Crippen LogP contribution in [0.4, 0.5) is 15.2 Å². The summed E-state index contributed by atoms with van der Waals surface area (Å²) >= 11 is 1.09. The van der Waals surface area contributed by atoms with Gasteiger partial charge in [-0.1, -0.05) is 0 Å². The van der Waals surface area contributed by atoms with E-state index in [1.165, 1.54) is 22.8 Å². The maximum absolute atomic E-state index is 13.5. The highest BCUT2D eigenvalue weighted by molar-refractivity contribution is 7.14. The normalized spacial score (nSPS) is 10.8. The average Bonchev–Trinajstić information content (AvgIpc) is 3.26. The molecular weight excluding hydrogens is 423 g/mol. The van der Waals surface area contributed by atoms with Gasteiger partial charge >= 0.3 is 0 Å². The highest BCUT2D eigenvalue weighted by Gasteiger charge is 2.29. The molecule has 3 rings (SSSR count). The Morgan fingerprint density at radius 3 is 2.52 bits per heavy atom. The van der Waals surface area contributed by atoms with Crippen LogP contribution in [0.2, 0.25) is 0 Å². The van der Waals surface area contributed by atoms with Crippen LogP contribution < -0.4 is 10.6 Å². The first-order chi connectivity index (χ1) is 14.6. The molecule has 2 amide bonds. The molecule has 0 unspecified atom stereocenters. The molecule has 0 atom stereocenters. The Morgan fingerprint density at radius 2 is 1.90 bits per heavy atom. The molecule has 0 saturated heterocycles. The zero-order valence-corrected chi connectivity index (χ0v) is 18.2. The van der Waals surface area contributed by atoms with Crippen molar-refractivity contribution in [2.75, 3.05) is 10.6 Å². The average molecular weight is 444 g/mol. The fourth-order valence-electron chi connectivity index (χ4n) is 3.25. The molecule has 0 aliphatic rings. The predicted molar refractivity (Wildman–Crippen MR) is 115 cm³/mol. The van der Waals surface area contributed by atoms with E-state index in [2.05, 4.69) is 15.6 Å². The van der Waals surface area contributed by atoms with Crippen molar-refractivity contribution in [3.8, 4) is 0 Å². The Hall–Kier alpha value is -3.37. The molecule has 0 aliphatic carbocycles. The molecule has 1 aromatic carbocycles. The topological polar surface area (TPSA) is 113 Å². The minimum Gasteiger partial charge on any atom is -0.390 e. The van der Waals surface area contributed by atoms with Crippen LogP contribution in [0.15, 0.2) is 23.6 Å². The van der Waals surface area contributed by atoms with Gasteiger partial charge in [-0.3, -0.25) is 19.7 Å². The number of nitrogens with zero attached hydrogens (tertiary/aromatic N) is 2. The summed E-state index contributed by atoms with van der Waals surface area (Å²) in [7, 11) is 1.59. The second-order valence-electron chi connectivity index (χ2n) is 7.00. The van der Waals surface area contributed by atoms with Crippen LogP contribution in [-0.4, -0.2) is 32.3 Å². The molecule has 0 saturated carbocycles. The van der Waals surface area contributed by atoms with Crippen molar-refractivity contribution in [1.82, 2.24) is 9.55 Å². The summed E-state index contributed by atoms with van der Waals surface area (Å²) in [5.41, 5.74) is 2.38. The first-order valence-electron chi connectivity index (χ1n) is 9.28. The lowest BCUT2D eigenvalue weighted by atomic mass is 10.1. The molecular formula is C21H21FN4O4S. The van der Waals surface area contributed by atoms with Crippen molar-refractivity contribution >= 4 is 39.8 Å². The van der Waals surface area contributed by atoms with E-state index in [1.807, 2.05) is 0 Å². The summed E-state index contributed by atoms with van der Waals surface area (Å²) in [6, 6.07) is 4.22. The number of aryl methyl sites for hydroxylation is 1. The summed E-state index contributed by atoms with van der Waals surface area (Å²) in [6.45, 7) is 4.57. The van der Waals surface area contributed by atoms with Gasteiger partial charge in [0, 0.05) is 23.8 Å². The molecule has 0 fully saturated rings. The minimum absolute atomic E-state index is 0.0781. The van der Waals surface area contributed by atoms with Crippen molar-refractivity contribution in [2.24, 2.45) is 7.05 Å². The van der Waals surface area contributed by atoms with Gasteiger partial charge in [0.05, 0.1) is 23.6 Å². The summed E-state index contributed by atoms with van der Waals surface area (Å²) in [6.07, 6.45) is 0. The van der Waals surface area contributed by atoms with E-state index in [9.17, 15) is 18.8 Å². The van der Waals surface area contributed by atoms with Crippen molar-refractivity contribution in [3.05, 3.63) is 63.2 Å². The summed E-state index contributed by atoms with van der Waals surface area (Å²) < 4.78 is 15.0. The van der Waals surface area contributed by atoms with Crippen molar-refractivity contribution < 1.29 is 23.9 Å². The van der Waals surface area contributed by atoms with Gasteiger partial charge in [0.1, 0.15) is 5.82 Å². The monoisotopic (exact) mass is 444 g/mol. The van der Waals surface area contributed by atoms with Crippen LogP contribution >= 0.6 is 11.3 Å². The number of carbonyl (C=O) groups is 3. The van der Waals surface area contributed by atoms with Gasteiger partial charge in [0.25, 0.3) is 17.6 Å². The number of aromatic nitrogens is 2. The number of hydrogen-bond donors (Lipinski definition) is 3. The summed E-state index contributed by atoms with van der Waals surface area (Å²) in [5, 5.41) is 15.9. The minimum atomic E-state index is -0.899. The van der Waals surface area contributed by atoms with Crippen LogP contribution in [0.5, 0.6) is 0 Å². The Balaban J connectivity index is 1.86. The number of Topliss-reactive ketones (excluding diaryl/α,β-unsaturated/α-hetero) is 1. The van der Waals surface area contributed by atoms with E-state index >= 15 is 0 Å². The van der Waals surface area contributed by atoms with Crippen LogP contribution in [0.3, 0.4) is 0 Å². The Bertz CT molecular complexity index is 1200. The number of rotatable bonds is 6. The number of anilines is 2. The van der Waals surface area contributed by atoms with Crippen molar-refractivity contribution in [2.45, 2.75) is 27.4 Å². The Morgan fingerprint density at radius 1 is 1.19 bits per heavy atom. The number of halogens is 1. The van der Waals surface area contributed by atoms with Crippen LogP contribution in [-0.2, 0) is 18.4 Å². The Labute approximate surface area is 181 Å². The van der Waals surface area contributed by atoms with E-state index in [1.54, 1.807) is 33.2 Å². The van der Waals surface area contributed by atoms with Crippen LogP contribution in [0.1, 0.15) is 43.4 Å². The zero-order chi connectivity index (χ0) is 22.9. The number of benzene rings is 1. The fraction of sp³-hybridized carbons (Fsp3) is 0.238. The maximum Gasteiger partial charge on any atom is 0.300 e. The standard InChI is InChI=1S/C21H21FN4O4S/c1-10-7-13(5-6-15(10)22)23-19(29)16-11(2)17(26(4)12(16)3)18(28)20(30)25-21-24-14(8-27)9-31-21/h5-7,9,27H,8H2,1-4H3,(H,23,29)(H,24,25,30). The molecule has 2 heterocycles. The molecule has 8 nitrogen and oxygen atoms in total. The lowest BCUT2D eigenvalue weighted by molar-refractivity contribution is -0.112. The SMILES string of the molecule is Cc1cc(NC(=O)c2c(C)c(C(=O)C(=O)Nc3nc(CO)cs3)n(C)c2C)ccc1F. The number of aliphatic hydroxyl groups is 1. The molecule has 3 aromatic rings. The predicted octanol–water partition coefficient (Wildman–Crippen LogP) is 3.11. The van der Waals surface area contributed by atoms with Gasteiger partial charge in [0.15, 0.2) is 5.13 Å². The molecule has 10 heteroatoms. The molecule has 0 bridgehead atoms. The van der Waals surface area contributed by atoms with E-state index in [0.29, 0.717) is 28.2 Å². The van der Waals surface area contributed by atoms with E-state index in [-0.39, 0.29) is 28.8 Å². The van der Waals surface area contributed by atoms with Gasteiger partial charge in [-0.2, -0.15) is 0 Å². The summed E-state index contributed by atoms with van der Waals surface area (Å²) in [5.74, 6) is -2.57. The third kappa shape index (κ3) is 4.39. The highest BCUT2D eigenvalue weighted by atomic mass is 32.1. The first kappa shape index (κ1) is 22.3. The van der Waals surface area contributed by atoms with Crippen LogP contribution in [0.25, 0.3) is 0 Å². The van der Waals surface area contributed by atoms with Gasteiger partial charge < -0.3 is 15.0 Å². The van der Waals surface area contributed by atoms with Gasteiger partial charge in [-0.25, -0.2) is 9.37 Å². The molecule has 3 N–H and O–H groups in total. The largest absolute Gasteiger partial charge is 0.390 e. The van der Waals surface area contributed by atoms with Gasteiger partial charge in [0.2, 0.25) is 0 Å². The first-order valence-corrected chi connectivity index (χ1v) is 10.2. The molecule has 0 aliphatic heterocycles. The van der Waals surface area contributed by atoms with E-state index in [4.69, 9.17) is 5.11 Å². The van der Waals surface area contributed by atoms with Gasteiger partial charge in [-0.05, 0) is 50.1 Å². The van der Waals surface area contributed by atoms with Crippen LogP contribution in [0, 0.1) is 26.6 Å². The number of amides is 2. The number of thiazole rings is 1. The second kappa shape index (κ2) is 8.78. The van der Waals surface area contributed by atoms with E-state index in [0.717, 1.165) is 11.3 Å². The number of ketones is 1. The zero-order valence-electron chi connectivity index (χ0n) is 17.4. The van der Waals surface area contributed by atoms with Crippen molar-refractivity contribution in [3.63, 3.8) is 0 Å². The molecule has 162 valence electrons. The van der Waals surface area contributed by atoms with Crippen molar-refractivity contribution in [1.29, 1.82) is 0 Å². The smallest absolute Gasteiger partial charge is 0.300 e. The quantitative estimate of drug-likeness (QED) is 0.399. The molecule has 0 spiro atoms. The number of carbonyl (C=O) groups excluding carboxylic acids is 3. The maximum atomic E-state index is 13.5. The number of nitrogens with one attached hydrogen (secondary N) is 2. The third-order valence-electron chi connectivity index (χ3n) is 4.93. The van der Waals surface area contributed by atoms with E-state index < -0.39 is 17.6 Å². The number of hydrogen-bond acceptors (Lipinski definition) is 6. The lowest BCUT2D eigenvalue weighted by Gasteiger charge is -2.07. The summed E-state index contributed by atoms with van der Waals surface area (Å²) in [4.78, 5) is 42.1. The van der Waals surface area contributed by atoms with Gasteiger partial charge in [-0.15, -0.1) is 11.3 Å². The molecule has 0 radical (unpaired) electrons. The highest BCUT2D eigenvalue weighted by Crippen LogP contribution is 2.24. The fourth-order valence-corrected chi connectivity index (χ4v) is 3.94. The lowest BCUT2D eigenvalue weighted by Crippen LogP contribution is -2.25. The third-order valence-corrected chi connectivity index (χ3v) is 5.74.